The molecule has 18 heavy (non-hydrogen) atoms. The fourth-order valence-corrected chi connectivity index (χ4v) is 1.55. The van der Waals surface area contributed by atoms with Gasteiger partial charge in [-0.3, -0.25) is 15.1 Å². The molecule has 0 aliphatic rings. The normalized spacial score (nSPS) is 10.2. The molecule has 2 aromatic rings. The smallest absolute Gasteiger partial charge is 0.261 e. The summed E-state index contributed by atoms with van der Waals surface area (Å²) in [5.41, 5.74) is 0.465. The van der Waals surface area contributed by atoms with Crippen LogP contribution in [-0.4, -0.2) is 20.9 Å². The first-order chi connectivity index (χ1) is 8.56. The predicted molar refractivity (Wildman–Crippen MR) is 63.9 cm³/mol. The topological polar surface area (TPSA) is 67.8 Å². The van der Waals surface area contributed by atoms with E-state index in [1.807, 2.05) is 0 Å². The van der Waals surface area contributed by atoms with E-state index in [1.165, 1.54) is 12.3 Å². The molecule has 5 nitrogen and oxygen atoms in total. The van der Waals surface area contributed by atoms with Crippen LogP contribution in [-0.2, 0) is 0 Å². The maximum absolute atomic E-state index is 13.3. The predicted octanol–water partition coefficient (Wildman–Crippen LogP) is 2.22. The lowest BCUT2D eigenvalue weighted by Gasteiger charge is -2.05. The maximum atomic E-state index is 13.3. The third-order valence-electron chi connectivity index (χ3n) is 2.07. The molecule has 92 valence electrons. The van der Waals surface area contributed by atoms with Crippen molar-refractivity contribution in [1.29, 1.82) is 0 Å². The molecule has 0 saturated heterocycles. The Morgan fingerprint density at radius 1 is 1.44 bits per heavy atom. The third-order valence-corrected chi connectivity index (χ3v) is 2.26. The van der Waals surface area contributed by atoms with Crippen LogP contribution < -0.4 is 5.32 Å². The Bertz CT molecular complexity index is 585. The Morgan fingerprint density at radius 3 is 2.89 bits per heavy atom. The minimum atomic E-state index is -0.714. The molecule has 2 aromatic heterocycles. The van der Waals surface area contributed by atoms with Gasteiger partial charge in [0.05, 0.1) is 11.8 Å². The summed E-state index contributed by atoms with van der Waals surface area (Å²) in [5, 5.41) is 2.57. The van der Waals surface area contributed by atoms with E-state index in [9.17, 15) is 9.18 Å². The summed E-state index contributed by atoms with van der Waals surface area (Å²) in [5.74, 6) is -1.34. The van der Waals surface area contributed by atoms with Crippen molar-refractivity contribution in [2.45, 2.75) is 6.92 Å². The Morgan fingerprint density at radius 2 is 2.22 bits per heavy atom. The van der Waals surface area contributed by atoms with Gasteiger partial charge in [0.15, 0.2) is 5.82 Å². The monoisotopic (exact) mass is 266 g/mol. The second-order valence-corrected chi connectivity index (χ2v) is 3.85. The zero-order valence-electron chi connectivity index (χ0n) is 9.32. The Labute approximate surface area is 107 Å². The summed E-state index contributed by atoms with van der Waals surface area (Å²) in [6.07, 6.45) is 2.28. The van der Waals surface area contributed by atoms with E-state index in [1.54, 1.807) is 13.0 Å². The molecule has 0 fully saturated rings. The molecular weight excluding hydrogens is 259 g/mol. The van der Waals surface area contributed by atoms with Gasteiger partial charge in [0.1, 0.15) is 5.15 Å². The van der Waals surface area contributed by atoms with Gasteiger partial charge in [-0.2, -0.15) is 0 Å². The molecule has 2 heterocycles. The van der Waals surface area contributed by atoms with Crippen molar-refractivity contribution in [3.05, 3.63) is 46.8 Å². The number of anilines is 1. The van der Waals surface area contributed by atoms with E-state index >= 15 is 0 Å². The first-order valence-electron chi connectivity index (χ1n) is 4.98. The lowest BCUT2D eigenvalue weighted by atomic mass is 10.2. The number of amides is 1. The largest absolute Gasteiger partial charge is 0.290 e. The van der Waals surface area contributed by atoms with Crippen molar-refractivity contribution in [3.8, 4) is 0 Å². The summed E-state index contributed by atoms with van der Waals surface area (Å²) in [6.45, 7) is 1.70. The van der Waals surface area contributed by atoms with Gasteiger partial charge in [-0.05, 0) is 19.1 Å². The molecule has 0 bridgehead atoms. The second kappa shape index (κ2) is 5.05. The highest BCUT2D eigenvalue weighted by Crippen LogP contribution is 2.11. The quantitative estimate of drug-likeness (QED) is 0.847. The molecule has 0 saturated carbocycles. The molecule has 0 radical (unpaired) electrons. The van der Waals surface area contributed by atoms with Crippen LogP contribution in [0.25, 0.3) is 0 Å². The molecule has 0 aliphatic heterocycles. The van der Waals surface area contributed by atoms with Crippen molar-refractivity contribution in [1.82, 2.24) is 15.0 Å². The van der Waals surface area contributed by atoms with Crippen LogP contribution in [0.2, 0.25) is 5.15 Å². The number of aryl methyl sites for hydroxylation is 1. The summed E-state index contributed by atoms with van der Waals surface area (Å²) in [7, 11) is 0. The van der Waals surface area contributed by atoms with Crippen molar-refractivity contribution in [3.63, 3.8) is 0 Å². The molecule has 7 heteroatoms. The number of carbonyl (C=O) groups excluding carboxylic acids is 1. The molecule has 0 spiro atoms. The minimum absolute atomic E-state index is 0.0289. The van der Waals surface area contributed by atoms with Crippen molar-refractivity contribution in [2.24, 2.45) is 0 Å². The molecule has 0 atom stereocenters. The summed E-state index contributed by atoms with van der Waals surface area (Å²) >= 11 is 5.72. The van der Waals surface area contributed by atoms with Gasteiger partial charge in [-0.15, -0.1) is 0 Å². The number of rotatable bonds is 2. The van der Waals surface area contributed by atoms with Gasteiger partial charge in [-0.1, -0.05) is 11.6 Å². The van der Waals surface area contributed by atoms with Crippen LogP contribution in [0.15, 0.2) is 24.5 Å². The molecule has 0 unspecified atom stereocenters. The molecule has 2 rings (SSSR count). The van der Waals surface area contributed by atoms with Crippen LogP contribution in [0.5, 0.6) is 0 Å². The van der Waals surface area contributed by atoms with E-state index in [4.69, 9.17) is 11.6 Å². The molecule has 0 aromatic carbocycles. The second-order valence-electron chi connectivity index (χ2n) is 3.47. The average Bonchev–Trinajstić information content (AvgIpc) is 2.27. The first-order valence-corrected chi connectivity index (χ1v) is 5.36. The Hall–Kier alpha value is -2.08. The van der Waals surface area contributed by atoms with Crippen LogP contribution in [0.4, 0.5) is 10.3 Å². The van der Waals surface area contributed by atoms with E-state index < -0.39 is 11.7 Å². The van der Waals surface area contributed by atoms with Gasteiger partial charge in [0.25, 0.3) is 5.91 Å². The van der Waals surface area contributed by atoms with E-state index in [-0.39, 0.29) is 16.7 Å². The number of nitrogens with zero attached hydrogens (tertiary/aromatic N) is 3. The zero-order chi connectivity index (χ0) is 13.1. The number of pyridine rings is 1. The Balaban J connectivity index is 2.24. The first kappa shape index (κ1) is 12.4. The number of carbonyl (C=O) groups is 1. The van der Waals surface area contributed by atoms with Gasteiger partial charge < -0.3 is 0 Å². The van der Waals surface area contributed by atoms with Crippen molar-refractivity contribution >= 4 is 23.5 Å². The van der Waals surface area contributed by atoms with Gasteiger partial charge in [0.2, 0.25) is 5.95 Å². The number of halogens is 2. The summed E-state index contributed by atoms with van der Waals surface area (Å²) in [6, 6.07) is 2.81. The zero-order valence-corrected chi connectivity index (χ0v) is 10.1. The molecule has 1 N–H and O–H groups in total. The van der Waals surface area contributed by atoms with Crippen LogP contribution in [0.1, 0.15) is 16.1 Å². The van der Waals surface area contributed by atoms with Crippen LogP contribution in [0, 0.1) is 12.7 Å². The molecule has 1 amide bonds. The highest BCUT2D eigenvalue weighted by Gasteiger charge is 2.13. The van der Waals surface area contributed by atoms with E-state index in [0.29, 0.717) is 5.69 Å². The van der Waals surface area contributed by atoms with E-state index in [2.05, 4.69) is 20.3 Å². The molecule has 0 aliphatic carbocycles. The lowest BCUT2D eigenvalue weighted by Crippen LogP contribution is -2.16. The minimum Gasteiger partial charge on any atom is -0.290 e. The number of hydrogen-bond donors (Lipinski definition) is 1. The molecular formula is C11H8ClFN4O. The summed E-state index contributed by atoms with van der Waals surface area (Å²) < 4.78 is 13.3. The Kier molecular flexibility index (Phi) is 3.47. The van der Waals surface area contributed by atoms with Crippen LogP contribution >= 0.6 is 11.6 Å². The average molecular weight is 267 g/mol. The fraction of sp³-hybridized carbons (Fsp3) is 0.0909. The number of nitrogens with one attached hydrogen (secondary N) is 1. The third kappa shape index (κ3) is 2.78. The van der Waals surface area contributed by atoms with E-state index in [0.717, 1.165) is 6.20 Å². The summed E-state index contributed by atoms with van der Waals surface area (Å²) in [4.78, 5) is 23.1. The van der Waals surface area contributed by atoms with Gasteiger partial charge >= 0.3 is 0 Å². The van der Waals surface area contributed by atoms with Crippen molar-refractivity contribution < 1.29 is 9.18 Å². The van der Waals surface area contributed by atoms with Gasteiger partial charge in [0, 0.05) is 11.9 Å². The van der Waals surface area contributed by atoms with Crippen molar-refractivity contribution in [2.75, 3.05) is 5.32 Å². The van der Waals surface area contributed by atoms with Gasteiger partial charge in [-0.25, -0.2) is 14.4 Å². The van der Waals surface area contributed by atoms with Crippen LogP contribution in [0.3, 0.4) is 0 Å². The lowest BCUT2D eigenvalue weighted by molar-refractivity contribution is 0.102. The number of hydrogen-bond acceptors (Lipinski definition) is 4. The highest BCUT2D eigenvalue weighted by molar-refractivity contribution is 6.29. The number of aromatic nitrogens is 3. The SMILES string of the molecule is Cc1cc(Cl)nc(NC(=O)c2ccncc2F)n1. The highest BCUT2D eigenvalue weighted by atomic mass is 35.5. The fourth-order valence-electron chi connectivity index (χ4n) is 1.31. The maximum Gasteiger partial charge on any atom is 0.261 e. The standard InChI is InChI=1S/C11H8ClFN4O/c1-6-4-9(12)16-11(15-6)17-10(18)7-2-3-14-5-8(7)13/h2-5H,1H3,(H,15,16,17,18).